The maximum Gasteiger partial charge on any atom is 0.328 e. The average molecular weight is 618 g/mol. The van der Waals surface area contributed by atoms with Crippen molar-refractivity contribution in [2.45, 2.75) is 0 Å². The first kappa shape index (κ1) is 30.8. The minimum absolute atomic E-state index is 0. The first-order valence-corrected chi connectivity index (χ1v) is 9.75. The smallest absolute Gasteiger partial charge is 0.328 e. The number of aliphatic carboxylic acids is 3. The molecule has 3 N–H and O–H groups in total. The molecule has 0 unspecified atom stereocenters. The summed E-state index contributed by atoms with van der Waals surface area (Å²) < 4.78 is 0. The van der Waals surface area contributed by atoms with Crippen molar-refractivity contribution in [3.63, 3.8) is 0 Å². The normalized spacial score (nSPS) is 9.88. The Bertz CT molecular complexity index is 934. The molecule has 3 rings (SSSR count). The number of carbonyl (C=O) groups is 3. The fourth-order valence-electron chi connectivity index (χ4n) is 2.19. The van der Waals surface area contributed by atoms with E-state index in [0.29, 0.717) is 0 Å². The van der Waals surface area contributed by atoms with Gasteiger partial charge in [0, 0.05) is 65.2 Å². The summed E-state index contributed by atoms with van der Waals surface area (Å²) in [5, 5.41) is 24.9. The summed E-state index contributed by atoms with van der Waals surface area (Å²) in [6.45, 7) is 0. The van der Waals surface area contributed by atoms with Crippen LogP contribution in [0, 0.1) is 46.9 Å². The van der Waals surface area contributed by atoms with Gasteiger partial charge in [0.25, 0.3) is 0 Å². The van der Waals surface area contributed by atoms with E-state index in [1.165, 1.54) is 0 Å². The Morgan fingerprint density at radius 2 is 0.647 bits per heavy atom. The van der Waals surface area contributed by atoms with Crippen LogP contribution in [0.1, 0.15) is 16.7 Å². The molecule has 0 aliphatic heterocycles. The zero-order chi connectivity index (χ0) is 24.3. The Kier molecular flexibility index (Phi) is 17.5. The second-order valence-electron chi connectivity index (χ2n) is 6.25. The van der Waals surface area contributed by atoms with Gasteiger partial charge in [-0.1, -0.05) is 91.0 Å². The predicted octanol–water partition coefficient (Wildman–Crippen LogP) is 5.35. The van der Waals surface area contributed by atoms with Crippen LogP contribution in [0.4, 0.5) is 0 Å². The van der Waals surface area contributed by atoms with Crippen molar-refractivity contribution in [3.05, 3.63) is 126 Å². The molecule has 0 amide bonds. The Morgan fingerprint density at radius 3 is 0.824 bits per heavy atom. The summed E-state index contributed by atoms with van der Waals surface area (Å²) in [7, 11) is 0. The number of hydrogen-bond donors (Lipinski definition) is 3. The van der Waals surface area contributed by atoms with E-state index in [1.807, 2.05) is 91.0 Å². The molecular formula is C27H24O6Yb. The van der Waals surface area contributed by atoms with Crippen molar-refractivity contribution >= 4 is 36.1 Å². The summed E-state index contributed by atoms with van der Waals surface area (Å²) in [5.41, 5.74) is 2.69. The third-order valence-corrected chi connectivity index (χ3v) is 3.65. The van der Waals surface area contributed by atoms with Gasteiger partial charge < -0.3 is 15.3 Å². The first-order chi connectivity index (χ1) is 15.9. The third kappa shape index (κ3) is 17.4. The largest absolute Gasteiger partial charge is 0.478 e. The molecule has 6 nitrogen and oxygen atoms in total. The van der Waals surface area contributed by atoms with Gasteiger partial charge in [0.1, 0.15) is 0 Å². The Morgan fingerprint density at radius 1 is 0.441 bits per heavy atom. The molecule has 182 valence electrons. The van der Waals surface area contributed by atoms with Crippen LogP contribution in [0.5, 0.6) is 0 Å². The van der Waals surface area contributed by atoms with Crippen molar-refractivity contribution < 1.29 is 76.6 Å². The molecule has 3 aromatic rings. The third-order valence-electron chi connectivity index (χ3n) is 3.65. The zero-order valence-electron chi connectivity index (χ0n) is 18.0. The molecule has 0 saturated carbocycles. The monoisotopic (exact) mass is 618 g/mol. The molecule has 0 aromatic heterocycles. The number of carboxylic acids is 3. The molecule has 7 heteroatoms. The second kappa shape index (κ2) is 19.3. The van der Waals surface area contributed by atoms with Crippen LogP contribution in [-0.4, -0.2) is 33.2 Å². The summed E-state index contributed by atoms with van der Waals surface area (Å²) >= 11 is 0. The summed E-state index contributed by atoms with van der Waals surface area (Å²) in [6.07, 6.45) is 8.03. The molecule has 0 saturated heterocycles. The fraction of sp³-hybridized carbons (Fsp3) is 0. The number of benzene rings is 3. The van der Waals surface area contributed by atoms with Crippen LogP contribution in [0.2, 0.25) is 0 Å². The predicted molar refractivity (Wildman–Crippen MR) is 129 cm³/mol. The van der Waals surface area contributed by atoms with E-state index < -0.39 is 17.9 Å². The molecule has 0 aliphatic rings. The van der Waals surface area contributed by atoms with E-state index in [4.69, 9.17) is 15.3 Å². The van der Waals surface area contributed by atoms with Gasteiger partial charge in [-0.2, -0.15) is 0 Å². The summed E-state index contributed by atoms with van der Waals surface area (Å²) in [6, 6.07) is 27.9. The van der Waals surface area contributed by atoms with E-state index in [0.717, 1.165) is 34.9 Å². The van der Waals surface area contributed by atoms with Gasteiger partial charge >= 0.3 is 17.9 Å². The van der Waals surface area contributed by atoms with Crippen LogP contribution in [0.15, 0.2) is 109 Å². The number of rotatable bonds is 6. The van der Waals surface area contributed by atoms with Crippen LogP contribution < -0.4 is 0 Å². The van der Waals surface area contributed by atoms with Gasteiger partial charge in [0.2, 0.25) is 0 Å². The SMILES string of the molecule is O=C(O)C=Cc1ccccc1.O=C(O)C=Cc1ccccc1.O=C(O)C=Cc1ccccc1.[Yb]. The molecule has 0 heterocycles. The van der Waals surface area contributed by atoms with E-state index >= 15 is 0 Å². The maximum atomic E-state index is 10.1. The van der Waals surface area contributed by atoms with Crippen molar-refractivity contribution in [1.82, 2.24) is 0 Å². The molecule has 3 aromatic carbocycles. The molecule has 34 heavy (non-hydrogen) atoms. The van der Waals surface area contributed by atoms with Gasteiger partial charge in [-0.05, 0) is 34.9 Å². The van der Waals surface area contributed by atoms with Crippen molar-refractivity contribution in [1.29, 1.82) is 0 Å². The molecular weight excluding hydrogens is 593 g/mol. The Hall–Kier alpha value is -3.19. The van der Waals surface area contributed by atoms with Crippen LogP contribution in [-0.2, 0) is 14.4 Å². The van der Waals surface area contributed by atoms with Crippen molar-refractivity contribution in [2.24, 2.45) is 0 Å². The quantitative estimate of drug-likeness (QED) is 0.322. The molecule has 0 spiro atoms. The van der Waals surface area contributed by atoms with Gasteiger partial charge in [-0.15, -0.1) is 0 Å². The summed E-state index contributed by atoms with van der Waals surface area (Å²) in [4.78, 5) is 30.3. The minimum Gasteiger partial charge on any atom is -0.478 e. The zero-order valence-corrected chi connectivity index (χ0v) is 19.7. The summed E-state index contributed by atoms with van der Waals surface area (Å²) in [5.74, 6) is -2.77. The fourth-order valence-corrected chi connectivity index (χ4v) is 2.19. The molecule has 0 radical (unpaired) electrons. The average Bonchev–Trinajstić information content (AvgIpc) is 2.83. The molecule has 0 aliphatic carbocycles. The second-order valence-corrected chi connectivity index (χ2v) is 6.25. The van der Waals surface area contributed by atoms with E-state index in [1.54, 1.807) is 18.2 Å². The van der Waals surface area contributed by atoms with Gasteiger partial charge in [-0.25, -0.2) is 14.4 Å². The topological polar surface area (TPSA) is 112 Å². The maximum absolute atomic E-state index is 10.1. The van der Waals surface area contributed by atoms with Crippen molar-refractivity contribution in [2.75, 3.05) is 0 Å². The van der Waals surface area contributed by atoms with Crippen LogP contribution in [0.3, 0.4) is 0 Å². The van der Waals surface area contributed by atoms with Gasteiger partial charge in [0.15, 0.2) is 0 Å². The Labute approximate surface area is 236 Å². The van der Waals surface area contributed by atoms with Crippen LogP contribution >= 0.6 is 0 Å². The number of carboxylic acid groups (broad SMARTS) is 3. The van der Waals surface area contributed by atoms with Gasteiger partial charge in [0.05, 0.1) is 0 Å². The van der Waals surface area contributed by atoms with Crippen molar-refractivity contribution in [3.8, 4) is 0 Å². The molecule has 0 fully saturated rings. The van der Waals surface area contributed by atoms with Gasteiger partial charge in [-0.3, -0.25) is 0 Å². The molecule has 0 bridgehead atoms. The Balaban J connectivity index is 0.000000473. The standard InChI is InChI=1S/3C9H8O2.Yb/c3*10-9(11)7-6-8-4-2-1-3-5-8;/h3*1-7H,(H,10,11);. The first-order valence-electron chi connectivity index (χ1n) is 9.75. The van der Waals surface area contributed by atoms with E-state index in [2.05, 4.69) is 0 Å². The minimum atomic E-state index is -0.922. The molecule has 0 atom stereocenters. The number of hydrogen-bond acceptors (Lipinski definition) is 3. The van der Waals surface area contributed by atoms with Crippen LogP contribution in [0.25, 0.3) is 18.2 Å². The van der Waals surface area contributed by atoms with E-state index in [9.17, 15) is 14.4 Å². The van der Waals surface area contributed by atoms with E-state index in [-0.39, 0.29) is 46.9 Å².